The molecule has 0 unspecified atom stereocenters. The zero-order valence-electron chi connectivity index (χ0n) is 12.3. The Balaban J connectivity index is 1.88. The van der Waals surface area contributed by atoms with Crippen LogP contribution in [0.1, 0.15) is 12.6 Å². The van der Waals surface area contributed by atoms with Crippen molar-refractivity contribution in [3.63, 3.8) is 0 Å². The van der Waals surface area contributed by atoms with Crippen molar-refractivity contribution in [1.82, 2.24) is 9.38 Å². The maximum absolute atomic E-state index is 5.61. The molecule has 0 aliphatic rings. The van der Waals surface area contributed by atoms with Crippen LogP contribution in [0.3, 0.4) is 0 Å². The third-order valence-electron chi connectivity index (χ3n) is 3.33. The first-order valence-electron chi connectivity index (χ1n) is 6.96. The Morgan fingerprint density at radius 1 is 1.19 bits per heavy atom. The molecule has 3 aromatic rings. The molecule has 0 aliphatic heterocycles. The van der Waals surface area contributed by atoms with Crippen LogP contribution in [0.2, 0.25) is 0 Å². The number of hydrogen-bond acceptors (Lipinski definition) is 2. The highest BCUT2D eigenvalue weighted by Gasteiger charge is 2.05. The lowest BCUT2D eigenvalue weighted by atomic mass is 10.1. The van der Waals surface area contributed by atoms with E-state index in [0.29, 0.717) is 6.61 Å². The van der Waals surface area contributed by atoms with E-state index in [0.717, 1.165) is 28.2 Å². The molecule has 106 valence electrons. The molecule has 2 heterocycles. The second kappa shape index (κ2) is 5.44. The topological polar surface area (TPSA) is 26.5 Å². The second-order valence-electron chi connectivity index (χ2n) is 5.29. The quantitative estimate of drug-likeness (QED) is 0.666. The molecular formula is C18H18N2O. The lowest BCUT2D eigenvalue weighted by molar-refractivity contribution is 0.353. The number of rotatable bonds is 4. The zero-order chi connectivity index (χ0) is 14.8. The van der Waals surface area contributed by atoms with Crippen LogP contribution in [-0.4, -0.2) is 16.0 Å². The summed E-state index contributed by atoms with van der Waals surface area (Å²) < 4.78 is 7.71. The van der Waals surface area contributed by atoms with Crippen molar-refractivity contribution in [3.05, 3.63) is 66.5 Å². The first kappa shape index (κ1) is 13.4. The molecule has 1 aromatic carbocycles. The van der Waals surface area contributed by atoms with Gasteiger partial charge in [0.1, 0.15) is 18.0 Å². The molecule has 0 spiro atoms. The van der Waals surface area contributed by atoms with Crippen molar-refractivity contribution in [3.8, 4) is 17.0 Å². The number of ether oxygens (including phenoxy) is 1. The zero-order valence-corrected chi connectivity index (χ0v) is 12.3. The molecule has 0 bridgehead atoms. The predicted molar refractivity (Wildman–Crippen MR) is 85.7 cm³/mol. The summed E-state index contributed by atoms with van der Waals surface area (Å²) in [5.41, 5.74) is 5.20. The van der Waals surface area contributed by atoms with E-state index in [2.05, 4.69) is 35.2 Å². The Bertz CT molecular complexity index is 785. The lowest BCUT2D eigenvalue weighted by Crippen LogP contribution is -1.97. The Morgan fingerprint density at radius 2 is 1.95 bits per heavy atom. The van der Waals surface area contributed by atoms with Crippen LogP contribution in [0.5, 0.6) is 5.75 Å². The van der Waals surface area contributed by atoms with Crippen LogP contribution in [0.15, 0.2) is 60.8 Å². The van der Waals surface area contributed by atoms with Gasteiger partial charge in [-0.2, -0.15) is 0 Å². The van der Waals surface area contributed by atoms with Gasteiger partial charge < -0.3 is 9.14 Å². The van der Waals surface area contributed by atoms with Crippen molar-refractivity contribution in [1.29, 1.82) is 0 Å². The summed E-state index contributed by atoms with van der Waals surface area (Å²) >= 11 is 0. The first-order valence-corrected chi connectivity index (χ1v) is 6.96. The number of nitrogens with zero attached hydrogens (tertiary/aromatic N) is 2. The molecule has 21 heavy (non-hydrogen) atoms. The first-order chi connectivity index (χ1) is 10.1. The largest absolute Gasteiger partial charge is 0.489 e. The van der Waals surface area contributed by atoms with Gasteiger partial charge in [0.15, 0.2) is 0 Å². The minimum absolute atomic E-state index is 0.549. The summed E-state index contributed by atoms with van der Waals surface area (Å²) in [6.45, 7) is 8.41. The second-order valence-corrected chi connectivity index (χ2v) is 5.29. The molecule has 3 rings (SSSR count). The van der Waals surface area contributed by atoms with Gasteiger partial charge >= 0.3 is 0 Å². The molecule has 0 N–H and O–H groups in total. The summed E-state index contributed by atoms with van der Waals surface area (Å²) in [4.78, 5) is 4.66. The van der Waals surface area contributed by atoms with Crippen molar-refractivity contribution >= 4 is 5.65 Å². The number of pyridine rings is 1. The minimum Gasteiger partial charge on any atom is -0.489 e. The predicted octanol–water partition coefficient (Wildman–Crippen LogP) is 4.26. The number of benzene rings is 1. The molecule has 3 heteroatoms. The standard InChI is InChI=1S/C18H18N2O/c1-13(2)12-21-16-9-7-15(8-10-16)17-11-20-14(3)5-4-6-18(20)19-17/h4-11H,1,12H2,2-3H3. The smallest absolute Gasteiger partial charge is 0.137 e. The van der Waals surface area contributed by atoms with Crippen LogP contribution in [0, 0.1) is 6.92 Å². The Hall–Kier alpha value is -2.55. The molecule has 0 saturated heterocycles. The Morgan fingerprint density at radius 3 is 2.62 bits per heavy atom. The SMILES string of the molecule is C=C(C)COc1ccc(-c2cn3c(C)cccc3n2)cc1. The molecule has 0 radical (unpaired) electrons. The Kier molecular flexibility index (Phi) is 3.48. The highest BCUT2D eigenvalue weighted by molar-refractivity contribution is 5.63. The van der Waals surface area contributed by atoms with E-state index < -0.39 is 0 Å². The van der Waals surface area contributed by atoms with E-state index in [1.165, 1.54) is 5.69 Å². The average molecular weight is 278 g/mol. The van der Waals surface area contributed by atoms with E-state index >= 15 is 0 Å². The number of aromatic nitrogens is 2. The van der Waals surface area contributed by atoms with Crippen molar-refractivity contribution < 1.29 is 4.74 Å². The Labute approximate surface area is 124 Å². The highest BCUT2D eigenvalue weighted by atomic mass is 16.5. The highest BCUT2D eigenvalue weighted by Crippen LogP contribution is 2.23. The third kappa shape index (κ3) is 2.82. The fourth-order valence-corrected chi connectivity index (χ4v) is 2.22. The molecule has 0 aliphatic carbocycles. The fourth-order valence-electron chi connectivity index (χ4n) is 2.22. The summed E-state index contributed by atoms with van der Waals surface area (Å²) in [5.74, 6) is 0.849. The monoisotopic (exact) mass is 278 g/mol. The lowest BCUT2D eigenvalue weighted by Gasteiger charge is -2.05. The van der Waals surface area contributed by atoms with Crippen LogP contribution in [0.25, 0.3) is 16.9 Å². The molecule has 0 amide bonds. The van der Waals surface area contributed by atoms with Crippen LogP contribution >= 0.6 is 0 Å². The summed E-state index contributed by atoms with van der Waals surface area (Å²) in [6.07, 6.45) is 2.06. The summed E-state index contributed by atoms with van der Waals surface area (Å²) in [6, 6.07) is 14.1. The average Bonchev–Trinajstić information content (AvgIpc) is 2.91. The normalized spacial score (nSPS) is 10.8. The van der Waals surface area contributed by atoms with Crippen molar-refractivity contribution in [2.45, 2.75) is 13.8 Å². The van der Waals surface area contributed by atoms with Gasteiger partial charge in [-0.15, -0.1) is 0 Å². The maximum Gasteiger partial charge on any atom is 0.137 e. The van der Waals surface area contributed by atoms with E-state index in [4.69, 9.17) is 4.74 Å². The minimum atomic E-state index is 0.549. The molecular weight excluding hydrogens is 260 g/mol. The van der Waals surface area contributed by atoms with E-state index in [1.54, 1.807) is 0 Å². The van der Waals surface area contributed by atoms with Gasteiger partial charge in [0.25, 0.3) is 0 Å². The van der Waals surface area contributed by atoms with Gasteiger partial charge in [-0.3, -0.25) is 0 Å². The fraction of sp³-hybridized carbons (Fsp3) is 0.167. The molecule has 3 nitrogen and oxygen atoms in total. The number of imidazole rings is 1. The van der Waals surface area contributed by atoms with Gasteiger partial charge in [0.2, 0.25) is 0 Å². The van der Waals surface area contributed by atoms with Crippen molar-refractivity contribution in [2.75, 3.05) is 6.61 Å². The van der Waals surface area contributed by atoms with Crippen LogP contribution in [0.4, 0.5) is 0 Å². The van der Waals surface area contributed by atoms with Gasteiger partial charge in [-0.1, -0.05) is 12.6 Å². The third-order valence-corrected chi connectivity index (χ3v) is 3.33. The molecule has 0 saturated carbocycles. The van der Waals surface area contributed by atoms with Gasteiger partial charge in [-0.05, 0) is 55.8 Å². The van der Waals surface area contributed by atoms with Crippen LogP contribution in [-0.2, 0) is 0 Å². The van der Waals surface area contributed by atoms with Gasteiger partial charge in [0.05, 0.1) is 5.69 Å². The summed E-state index contributed by atoms with van der Waals surface area (Å²) in [7, 11) is 0. The van der Waals surface area contributed by atoms with Gasteiger partial charge in [0, 0.05) is 17.5 Å². The van der Waals surface area contributed by atoms with E-state index in [-0.39, 0.29) is 0 Å². The van der Waals surface area contributed by atoms with Crippen LogP contribution < -0.4 is 4.74 Å². The molecule has 0 atom stereocenters. The van der Waals surface area contributed by atoms with Gasteiger partial charge in [-0.25, -0.2) is 4.98 Å². The number of hydrogen-bond donors (Lipinski definition) is 0. The van der Waals surface area contributed by atoms with Crippen molar-refractivity contribution in [2.24, 2.45) is 0 Å². The molecule has 0 fully saturated rings. The summed E-state index contributed by atoms with van der Waals surface area (Å²) in [5, 5.41) is 0. The van der Waals surface area contributed by atoms with E-state index in [9.17, 15) is 0 Å². The maximum atomic E-state index is 5.61. The number of fused-ring (bicyclic) bond motifs is 1. The van der Waals surface area contributed by atoms with E-state index in [1.807, 2.05) is 43.3 Å². The number of aryl methyl sites for hydroxylation is 1. The molecule has 2 aromatic heterocycles.